The van der Waals surface area contributed by atoms with E-state index in [4.69, 9.17) is 0 Å². The minimum Gasteiger partial charge on any atom is -0.344 e. The topological polar surface area (TPSA) is 145 Å². The second-order valence-corrected chi connectivity index (χ2v) is 1.71. The molecular formula is C2H11N5O2S2. The quantitative estimate of drug-likeness (QED) is 0.118. The maximum Gasteiger partial charge on any atom is 0.289 e. The van der Waals surface area contributed by atoms with Gasteiger partial charge in [-0.3, -0.25) is 20.4 Å². The van der Waals surface area contributed by atoms with Gasteiger partial charge in [0, 0.05) is 0 Å². The zero-order chi connectivity index (χ0) is 8.57. The third-order valence-electron chi connectivity index (χ3n) is 0.247. The molecule has 7 nitrogen and oxygen atoms in total. The first-order valence-corrected chi connectivity index (χ1v) is 2.83. The maximum absolute atomic E-state index is 9.44. The predicted molar refractivity (Wildman–Crippen MR) is 48.4 cm³/mol. The van der Waals surface area contributed by atoms with Gasteiger partial charge in [0.25, 0.3) is 10.5 Å². The lowest BCUT2D eigenvalue weighted by molar-refractivity contribution is 0.260. The molecule has 0 aromatic heterocycles. The highest BCUT2D eigenvalue weighted by Gasteiger charge is 1.75. The predicted octanol–water partition coefficient (Wildman–Crippen LogP) is -0.839. The highest BCUT2D eigenvalue weighted by atomic mass is 32.1. The van der Waals surface area contributed by atoms with Crippen LogP contribution in [-0.2, 0) is 0 Å². The molecule has 0 fully saturated rings. The van der Waals surface area contributed by atoms with Crippen molar-refractivity contribution in [3.05, 3.63) is 0 Å². The summed E-state index contributed by atoms with van der Waals surface area (Å²) in [5.41, 5.74) is 3.51. The summed E-state index contributed by atoms with van der Waals surface area (Å²) >= 11 is 6.45. The van der Waals surface area contributed by atoms with E-state index in [-0.39, 0.29) is 6.15 Å². The van der Waals surface area contributed by atoms with E-state index in [1.165, 1.54) is 0 Å². The monoisotopic (exact) mass is 201 g/mol. The smallest absolute Gasteiger partial charge is 0.289 e. The summed E-state index contributed by atoms with van der Waals surface area (Å²) < 4.78 is 0. The number of thiol groups is 2. The molecule has 0 aromatic carbocycles. The van der Waals surface area contributed by atoms with Gasteiger partial charge in [-0.05, 0) is 0 Å². The van der Waals surface area contributed by atoms with Gasteiger partial charge in [0.05, 0.1) is 0 Å². The van der Waals surface area contributed by atoms with Gasteiger partial charge in [-0.15, -0.1) is 0 Å². The van der Waals surface area contributed by atoms with Crippen molar-refractivity contribution in [1.29, 1.82) is 0 Å². The Morgan fingerprint density at radius 2 is 1.09 bits per heavy atom. The van der Waals surface area contributed by atoms with Crippen LogP contribution in [0.1, 0.15) is 0 Å². The van der Waals surface area contributed by atoms with Crippen LogP contribution in [0.25, 0.3) is 0 Å². The summed E-state index contributed by atoms with van der Waals surface area (Å²) in [6, 6.07) is 0. The Balaban J connectivity index is -0.000000107. The highest BCUT2D eigenvalue weighted by molar-refractivity contribution is 7.96. The molecule has 0 saturated heterocycles. The number of carbonyl (C=O) groups is 2. The van der Waals surface area contributed by atoms with E-state index in [0.29, 0.717) is 0 Å². The SMILES string of the molecule is N.NNC(=O)S.NNC(=O)S. The zero-order valence-corrected chi connectivity index (χ0v) is 7.36. The molecule has 0 saturated carbocycles. The highest BCUT2D eigenvalue weighted by Crippen LogP contribution is 1.66. The van der Waals surface area contributed by atoms with Gasteiger partial charge in [0.2, 0.25) is 0 Å². The van der Waals surface area contributed by atoms with Crippen LogP contribution in [0.5, 0.6) is 0 Å². The molecule has 0 atom stereocenters. The third kappa shape index (κ3) is 43.4. The zero-order valence-electron chi connectivity index (χ0n) is 5.57. The number of hydrogen-bond acceptors (Lipinski definition) is 5. The molecule has 9 heteroatoms. The molecule has 0 radical (unpaired) electrons. The molecule has 0 spiro atoms. The van der Waals surface area contributed by atoms with E-state index in [1.54, 1.807) is 10.9 Å². The van der Waals surface area contributed by atoms with Crippen LogP contribution in [0.15, 0.2) is 0 Å². The Hall–Kier alpha value is -0.480. The van der Waals surface area contributed by atoms with Crippen LogP contribution in [0.2, 0.25) is 0 Å². The second kappa shape index (κ2) is 12.2. The van der Waals surface area contributed by atoms with Crippen molar-refractivity contribution in [3.8, 4) is 0 Å². The number of hydrogen-bond donors (Lipinski definition) is 7. The molecule has 0 bridgehead atoms. The van der Waals surface area contributed by atoms with Crippen molar-refractivity contribution in [3.63, 3.8) is 0 Å². The summed E-state index contributed by atoms with van der Waals surface area (Å²) in [4.78, 5) is 18.9. The first-order valence-electron chi connectivity index (χ1n) is 1.93. The number of rotatable bonds is 0. The van der Waals surface area contributed by atoms with Crippen molar-refractivity contribution in [2.24, 2.45) is 11.7 Å². The van der Waals surface area contributed by atoms with Crippen molar-refractivity contribution in [1.82, 2.24) is 17.0 Å². The lowest BCUT2D eigenvalue weighted by Gasteiger charge is -1.79. The van der Waals surface area contributed by atoms with Crippen molar-refractivity contribution in [2.75, 3.05) is 0 Å². The molecule has 0 aliphatic rings. The van der Waals surface area contributed by atoms with E-state index in [9.17, 15) is 9.59 Å². The first kappa shape index (κ1) is 16.9. The van der Waals surface area contributed by atoms with Gasteiger partial charge in [-0.2, -0.15) is 0 Å². The largest absolute Gasteiger partial charge is 0.344 e. The molecule has 0 heterocycles. The minimum absolute atomic E-state index is 0. The summed E-state index contributed by atoms with van der Waals surface area (Å²) in [7, 11) is 0. The van der Waals surface area contributed by atoms with Crippen LogP contribution in [-0.4, -0.2) is 10.5 Å². The molecule has 0 aliphatic carbocycles. The van der Waals surface area contributed by atoms with Gasteiger partial charge < -0.3 is 6.15 Å². The number of carbonyl (C=O) groups excluding carboxylic acids is 2. The first-order chi connectivity index (χ1) is 4.54. The van der Waals surface area contributed by atoms with E-state index in [1.807, 2.05) is 0 Å². The molecule has 2 amide bonds. The molecule has 0 unspecified atom stereocenters. The Morgan fingerprint density at radius 3 is 1.09 bits per heavy atom. The lowest BCUT2D eigenvalue weighted by Crippen LogP contribution is -2.23. The molecule has 68 valence electrons. The van der Waals surface area contributed by atoms with E-state index in [2.05, 4.69) is 36.9 Å². The van der Waals surface area contributed by atoms with Crippen LogP contribution < -0.4 is 28.7 Å². The standard InChI is InChI=1S/2CH4N2OS.H3N/c2*2-3-1(4)5;/h2*2H2,(H2,3,4,5);1H3. The van der Waals surface area contributed by atoms with Gasteiger partial charge in [0.1, 0.15) is 0 Å². The third-order valence-corrected chi connectivity index (χ3v) is 0.505. The summed E-state index contributed by atoms with van der Waals surface area (Å²) in [5, 5.41) is -1.05. The van der Waals surface area contributed by atoms with Crippen LogP contribution in [0.3, 0.4) is 0 Å². The normalized spacial score (nSPS) is 6.18. The fourth-order valence-electron chi connectivity index (χ4n) is 0. The molecule has 0 aromatic rings. The molecule has 11 heavy (non-hydrogen) atoms. The van der Waals surface area contributed by atoms with Gasteiger partial charge in [0.15, 0.2) is 0 Å². The summed E-state index contributed by atoms with van der Waals surface area (Å²) in [5.74, 6) is 8.99. The summed E-state index contributed by atoms with van der Waals surface area (Å²) in [6.07, 6.45) is 0. The fourth-order valence-corrected chi connectivity index (χ4v) is 0. The Bertz CT molecular complexity index is 105. The number of nitrogens with one attached hydrogen (secondary N) is 2. The maximum atomic E-state index is 9.44. The second-order valence-electron chi connectivity index (χ2n) is 0.899. The number of hydrazine groups is 2. The Kier molecular flexibility index (Phi) is 18.7. The average Bonchev–Trinajstić information content (AvgIpc) is 1.89. The summed E-state index contributed by atoms with van der Waals surface area (Å²) in [6.45, 7) is 0. The number of nitrogens with two attached hydrogens (primary N) is 2. The van der Waals surface area contributed by atoms with Gasteiger partial charge in [-0.25, -0.2) is 11.7 Å². The van der Waals surface area contributed by atoms with Crippen LogP contribution in [0, 0.1) is 0 Å². The molecule has 0 aliphatic heterocycles. The van der Waals surface area contributed by atoms with Crippen molar-refractivity contribution < 1.29 is 9.59 Å². The lowest BCUT2D eigenvalue weighted by atomic mass is 11.4. The van der Waals surface area contributed by atoms with Gasteiger partial charge in [-0.1, -0.05) is 25.3 Å². The van der Waals surface area contributed by atoms with Crippen LogP contribution in [0.4, 0.5) is 9.59 Å². The Labute approximate surface area is 74.6 Å². The Morgan fingerprint density at radius 1 is 1.00 bits per heavy atom. The number of amides is 2. The molecular weight excluding hydrogens is 190 g/mol. The van der Waals surface area contributed by atoms with Crippen LogP contribution >= 0.6 is 25.3 Å². The van der Waals surface area contributed by atoms with Crippen molar-refractivity contribution in [2.45, 2.75) is 0 Å². The van der Waals surface area contributed by atoms with E-state index < -0.39 is 10.5 Å². The molecule has 0 rings (SSSR count). The fraction of sp³-hybridized carbons (Fsp3) is 0. The van der Waals surface area contributed by atoms with Gasteiger partial charge >= 0.3 is 0 Å². The van der Waals surface area contributed by atoms with Crippen molar-refractivity contribution >= 4 is 35.7 Å². The average molecular weight is 201 g/mol. The van der Waals surface area contributed by atoms with E-state index >= 15 is 0 Å². The minimum atomic E-state index is -0.523. The molecule has 9 N–H and O–H groups in total. The van der Waals surface area contributed by atoms with E-state index in [0.717, 1.165) is 0 Å².